The summed E-state index contributed by atoms with van der Waals surface area (Å²) in [5.41, 5.74) is -5.67. The maximum Gasteiger partial charge on any atom is 0.344 e. The lowest BCUT2D eigenvalue weighted by Crippen LogP contribution is -2.78. The third-order valence-electron chi connectivity index (χ3n) is 8.93. The van der Waals surface area contributed by atoms with Crippen molar-refractivity contribution in [2.75, 3.05) is 0 Å². The molecule has 2 aliphatic heterocycles. The summed E-state index contributed by atoms with van der Waals surface area (Å²) in [5, 5.41) is 53.5. The molecule has 0 saturated carbocycles. The van der Waals surface area contributed by atoms with Gasteiger partial charge in [0, 0.05) is 25.3 Å². The zero-order chi connectivity index (χ0) is 36.9. The van der Waals surface area contributed by atoms with Crippen molar-refractivity contribution in [3.05, 3.63) is 71.8 Å². The molecule has 2 saturated heterocycles. The predicted octanol–water partition coefficient (Wildman–Crippen LogP) is 2.80. The monoisotopic (exact) mass is 688 g/mol. The van der Waals surface area contributed by atoms with Crippen LogP contribution in [0.15, 0.2) is 66.3 Å². The Morgan fingerprint density at radius 1 is 1.02 bits per heavy atom. The van der Waals surface area contributed by atoms with Crippen molar-refractivity contribution < 1.29 is 68.5 Å². The lowest BCUT2D eigenvalue weighted by atomic mass is 9.74. The summed E-state index contributed by atoms with van der Waals surface area (Å²) in [6.07, 6.45) is -4.04. The van der Waals surface area contributed by atoms with Gasteiger partial charge in [-0.05, 0) is 36.8 Å². The van der Waals surface area contributed by atoms with Gasteiger partial charge in [0.25, 0.3) is 0 Å². The number of carboxylic acid groups (broad SMARTS) is 3. The molecule has 49 heavy (non-hydrogen) atoms. The Kier molecular flexibility index (Phi) is 12.3. The molecule has 2 heterocycles. The Labute approximate surface area is 283 Å². The average Bonchev–Trinajstić information content (AvgIpc) is 3.25. The molecule has 2 bridgehead atoms. The summed E-state index contributed by atoms with van der Waals surface area (Å²) in [6, 6.07) is 9.27. The van der Waals surface area contributed by atoms with E-state index in [0.29, 0.717) is 12.0 Å². The molecule has 2 aliphatic rings. The predicted molar refractivity (Wildman–Crippen MR) is 171 cm³/mol. The molecule has 1 aromatic carbocycles. The van der Waals surface area contributed by atoms with Crippen LogP contribution < -0.4 is 0 Å². The van der Waals surface area contributed by atoms with E-state index >= 15 is 0 Å². The van der Waals surface area contributed by atoms with Crippen LogP contribution in [0.3, 0.4) is 0 Å². The summed E-state index contributed by atoms with van der Waals surface area (Å²) in [7, 11) is 0. The number of carboxylic acids is 3. The summed E-state index contributed by atoms with van der Waals surface area (Å²) in [6.45, 7) is 12.6. The number of benzene rings is 1. The summed E-state index contributed by atoms with van der Waals surface area (Å²) in [4.78, 5) is 62.9. The van der Waals surface area contributed by atoms with Gasteiger partial charge in [0.05, 0.1) is 0 Å². The van der Waals surface area contributed by atoms with Crippen LogP contribution in [0, 0.1) is 11.8 Å². The van der Waals surface area contributed by atoms with Crippen LogP contribution >= 0.6 is 0 Å². The molecule has 0 amide bonds. The Morgan fingerprint density at radius 2 is 1.65 bits per heavy atom. The second-order valence-electron chi connectivity index (χ2n) is 12.6. The Balaban J connectivity index is 2.04. The van der Waals surface area contributed by atoms with E-state index in [1.54, 1.807) is 13.8 Å². The molecule has 9 atom stereocenters. The molecule has 0 spiro atoms. The topological polar surface area (TPSA) is 223 Å². The third-order valence-corrected chi connectivity index (χ3v) is 8.93. The standard InChI is InChI=1S/C35H44O14/c1-7-19(2)17-20(3)13-14-25(37)47-28-27(38)33(48-29(30(39)40)34(45,31(41)42)35(28,49-33)32(43)44)16-15-21(4)26(46-23(6)36)22(5)18-24-11-9-8-10-12-24/h8-14,17,19,22,26-29,38,45H,4,7,15-16,18H2,1-3,5-6H3,(H,39,40)(H,41,42)(H,43,44)/b14-13+,20-17+/t19?,22-,26-,27-,28-,29-,33+,34-,35+/m1/s1. The number of esters is 2. The number of aliphatic hydroxyl groups excluding tert-OH is 1. The van der Waals surface area contributed by atoms with Gasteiger partial charge in [-0.1, -0.05) is 81.8 Å². The first-order chi connectivity index (χ1) is 22.9. The van der Waals surface area contributed by atoms with Gasteiger partial charge in [-0.2, -0.15) is 0 Å². The van der Waals surface area contributed by atoms with Gasteiger partial charge in [0.2, 0.25) is 23.1 Å². The number of aliphatic hydroxyl groups is 2. The minimum atomic E-state index is -3.91. The third kappa shape index (κ3) is 7.77. The van der Waals surface area contributed by atoms with Crippen LogP contribution in [-0.4, -0.2) is 96.8 Å². The highest BCUT2D eigenvalue weighted by Gasteiger charge is 2.85. The normalized spacial score (nSPS) is 29.9. The highest BCUT2D eigenvalue weighted by atomic mass is 16.8. The van der Waals surface area contributed by atoms with E-state index in [1.807, 2.05) is 50.3 Å². The molecule has 2 fully saturated rings. The molecule has 0 aromatic heterocycles. The van der Waals surface area contributed by atoms with E-state index < -0.39 is 77.7 Å². The van der Waals surface area contributed by atoms with E-state index in [4.69, 9.17) is 18.9 Å². The van der Waals surface area contributed by atoms with Crippen LogP contribution in [-0.2, 0) is 49.3 Å². The first-order valence-corrected chi connectivity index (χ1v) is 15.8. The SMILES string of the molecule is C=C(CC[C@]12O[C@H](C(=O)O)[C@@](O)(C(=O)O)[C@](C(=O)O)(O1)[C@H](OC(=O)/C=C/C(C)=C/C(C)CC)[C@H]2O)[C@@H](OC(C)=O)[C@H](C)Cc1ccccc1. The van der Waals surface area contributed by atoms with Gasteiger partial charge in [-0.15, -0.1) is 0 Å². The van der Waals surface area contributed by atoms with Gasteiger partial charge in [-0.3, -0.25) is 4.79 Å². The lowest BCUT2D eigenvalue weighted by molar-refractivity contribution is -0.374. The molecule has 0 radical (unpaired) electrons. The number of carbonyl (C=O) groups excluding carboxylic acids is 2. The molecule has 1 unspecified atom stereocenters. The number of allylic oxidation sites excluding steroid dienone is 3. The lowest BCUT2D eigenvalue weighted by Gasteiger charge is -2.48. The fraction of sp³-hybridized carbons (Fsp3) is 0.514. The maximum atomic E-state index is 13.0. The Morgan fingerprint density at radius 3 is 2.18 bits per heavy atom. The first-order valence-electron chi connectivity index (χ1n) is 15.8. The van der Waals surface area contributed by atoms with Crippen LogP contribution in [0.25, 0.3) is 0 Å². The van der Waals surface area contributed by atoms with Crippen LogP contribution in [0.1, 0.15) is 59.4 Å². The minimum absolute atomic E-state index is 0.160. The largest absolute Gasteiger partial charge is 0.479 e. The number of aliphatic carboxylic acids is 3. The Bertz CT molecular complexity index is 1500. The number of rotatable bonds is 16. The highest BCUT2D eigenvalue weighted by Crippen LogP contribution is 2.56. The molecule has 1 aromatic rings. The van der Waals surface area contributed by atoms with Crippen molar-refractivity contribution in [1.29, 1.82) is 0 Å². The number of carbonyl (C=O) groups is 5. The zero-order valence-electron chi connectivity index (χ0n) is 28.0. The molecule has 5 N–H and O–H groups in total. The van der Waals surface area contributed by atoms with Crippen molar-refractivity contribution in [3.63, 3.8) is 0 Å². The maximum absolute atomic E-state index is 13.0. The number of fused-ring (bicyclic) bond motifs is 2. The van der Waals surface area contributed by atoms with Crippen molar-refractivity contribution in [2.45, 2.75) is 102 Å². The fourth-order valence-electron chi connectivity index (χ4n) is 6.28. The minimum Gasteiger partial charge on any atom is -0.479 e. The van der Waals surface area contributed by atoms with E-state index in [9.17, 15) is 49.5 Å². The average molecular weight is 689 g/mol. The van der Waals surface area contributed by atoms with Gasteiger partial charge >= 0.3 is 29.8 Å². The van der Waals surface area contributed by atoms with Crippen molar-refractivity contribution in [1.82, 2.24) is 0 Å². The highest BCUT2D eigenvalue weighted by molar-refractivity contribution is 5.98. The Hall–Kier alpha value is -4.37. The number of ether oxygens (including phenoxy) is 4. The van der Waals surface area contributed by atoms with E-state index in [0.717, 1.165) is 18.1 Å². The van der Waals surface area contributed by atoms with Crippen LogP contribution in [0.4, 0.5) is 0 Å². The molecule has 268 valence electrons. The second-order valence-corrected chi connectivity index (χ2v) is 12.6. The van der Waals surface area contributed by atoms with Crippen molar-refractivity contribution in [3.8, 4) is 0 Å². The molecule has 0 aliphatic carbocycles. The van der Waals surface area contributed by atoms with Crippen LogP contribution in [0.5, 0.6) is 0 Å². The fourth-order valence-corrected chi connectivity index (χ4v) is 6.28. The number of hydrogen-bond acceptors (Lipinski definition) is 11. The van der Waals surface area contributed by atoms with E-state index in [-0.39, 0.29) is 23.8 Å². The van der Waals surface area contributed by atoms with Crippen LogP contribution in [0.2, 0.25) is 0 Å². The van der Waals surface area contributed by atoms with Gasteiger partial charge in [0.15, 0.2) is 6.10 Å². The summed E-state index contributed by atoms with van der Waals surface area (Å²) >= 11 is 0. The molecule has 14 nitrogen and oxygen atoms in total. The quantitative estimate of drug-likeness (QED) is 0.0729. The van der Waals surface area contributed by atoms with Crippen molar-refractivity contribution >= 4 is 29.8 Å². The van der Waals surface area contributed by atoms with Gasteiger partial charge in [0.1, 0.15) is 12.2 Å². The molecular weight excluding hydrogens is 644 g/mol. The summed E-state index contributed by atoms with van der Waals surface area (Å²) < 4.78 is 22.0. The van der Waals surface area contributed by atoms with Crippen molar-refractivity contribution in [2.24, 2.45) is 11.8 Å². The van der Waals surface area contributed by atoms with E-state index in [2.05, 4.69) is 6.58 Å². The second kappa shape index (κ2) is 15.5. The van der Waals surface area contributed by atoms with Gasteiger partial charge < -0.3 is 44.5 Å². The summed E-state index contributed by atoms with van der Waals surface area (Å²) in [5.74, 6) is -11.4. The molecule has 14 heteroatoms. The first kappa shape index (κ1) is 39.1. The molecular formula is C35H44O14. The van der Waals surface area contributed by atoms with E-state index in [1.165, 1.54) is 13.0 Å². The van der Waals surface area contributed by atoms with Gasteiger partial charge in [-0.25, -0.2) is 19.2 Å². The smallest absolute Gasteiger partial charge is 0.344 e. The number of hydrogen-bond donors (Lipinski definition) is 5. The zero-order valence-corrected chi connectivity index (χ0v) is 28.0. The molecule has 3 rings (SSSR count).